The third kappa shape index (κ3) is 4.09. The van der Waals surface area contributed by atoms with E-state index in [1.807, 2.05) is 31.2 Å². The summed E-state index contributed by atoms with van der Waals surface area (Å²) in [6.07, 6.45) is 8.17. The number of nitrogens with zero attached hydrogens (tertiary/aromatic N) is 3. The van der Waals surface area contributed by atoms with Gasteiger partial charge in [-0.05, 0) is 57.1 Å². The minimum Gasteiger partial charge on any atom is -0.339 e. The van der Waals surface area contributed by atoms with Crippen molar-refractivity contribution in [2.75, 3.05) is 12.3 Å². The Labute approximate surface area is 176 Å². The molecule has 5 nitrogen and oxygen atoms in total. The highest BCUT2D eigenvalue weighted by Gasteiger charge is 2.35. The summed E-state index contributed by atoms with van der Waals surface area (Å²) in [6, 6.07) is 7.96. The molecule has 0 spiro atoms. The van der Waals surface area contributed by atoms with Gasteiger partial charge in [0.15, 0.2) is 5.16 Å². The predicted molar refractivity (Wildman–Crippen MR) is 118 cm³/mol. The highest BCUT2D eigenvalue weighted by atomic mass is 32.2. The molecule has 1 saturated heterocycles. The van der Waals surface area contributed by atoms with Crippen LogP contribution in [0.4, 0.5) is 0 Å². The SMILES string of the molecule is CC[C@H](C)n1c(SCC(=O)N2CCC[C@@H]3CCCC[C@@H]32)nc2ccccc2c1=O. The number of thioether (sulfide) groups is 1. The second-order valence-electron chi connectivity index (χ2n) is 8.47. The van der Waals surface area contributed by atoms with Crippen LogP contribution in [0.1, 0.15) is 64.8 Å². The number of carbonyl (C=O) groups excluding carboxylic acids is 1. The van der Waals surface area contributed by atoms with E-state index >= 15 is 0 Å². The smallest absolute Gasteiger partial charge is 0.262 e. The summed E-state index contributed by atoms with van der Waals surface area (Å²) in [7, 11) is 0. The van der Waals surface area contributed by atoms with Gasteiger partial charge in [-0.3, -0.25) is 14.2 Å². The van der Waals surface area contributed by atoms with Crippen LogP contribution in [0.2, 0.25) is 0 Å². The van der Waals surface area contributed by atoms with Gasteiger partial charge in [0.1, 0.15) is 0 Å². The van der Waals surface area contributed by atoms with Gasteiger partial charge in [0.25, 0.3) is 5.56 Å². The van der Waals surface area contributed by atoms with Crippen LogP contribution in [0.5, 0.6) is 0 Å². The Kier molecular flexibility index (Phi) is 6.28. The summed E-state index contributed by atoms with van der Waals surface area (Å²) >= 11 is 1.42. The van der Waals surface area contributed by atoms with Crippen molar-refractivity contribution in [2.45, 2.75) is 76.0 Å². The maximum Gasteiger partial charge on any atom is 0.262 e. The number of para-hydroxylation sites is 1. The average molecular weight is 414 g/mol. The van der Waals surface area contributed by atoms with Crippen molar-refractivity contribution in [3.05, 3.63) is 34.6 Å². The fraction of sp³-hybridized carbons (Fsp3) is 0.609. The van der Waals surface area contributed by atoms with E-state index in [1.54, 1.807) is 4.57 Å². The van der Waals surface area contributed by atoms with E-state index in [4.69, 9.17) is 4.98 Å². The molecule has 156 valence electrons. The Morgan fingerprint density at radius 1 is 1.21 bits per heavy atom. The number of carbonyl (C=O) groups is 1. The second kappa shape index (κ2) is 8.90. The van der Waals surface area contributed by atoms with Crippen molar-refractivity contribution in [3.8, 4) is 0 Å². The second-order valence-corrected chi connectivity index (χ2v) is 9.42. The van der Waals surface area contributed by atoms with E-state index in [0.29, 0.717) is 33.8 Å². The number of likely N-dealkylation sites (tertiary alicyclic amines) is 1. The van der Waals surface area contributed by atoms with E-state index in [0.717, 1.165) is 25.8 Å². The fourth-order valence-electron chi connectivity index (χ4n) is 4.94. The first-order chi connectivity index (χ1) is 14.1. The summed E-state index contributed by atoms with van der Waals surface area (Å²) in [6.45, 7) is 4.99. The topological polar surface area (TPSA) is 55.2 Å². The molecule has 2 heterocycles. The highest BCUT2D eigenvalue weighted by molar-refractivity contribution is 7.99. The normalized spacial score (nSPS) is 23.0. The molecule has 2 aliphatic rings. The largest absolute Gasteiger partial charge is 0.339 e. The Morgan fingerprint density at radius 2 is 1.97 bits per heavy atom. The number of rotatable bonds is 5. The number of benzene rings is 1. The fourth-order valence-corrected chi connectivity index (χ4v) is 5.93. The third-order valence-electron chi connectivity index (χ3n) is 6.70. The molecule has 2 aromatic rings. The first-order valence-corrected chi connectivity index (χ1v) is 12.0. The first-order valence-electron chi connectivity index (χ1n) is 11.0. The Bertz CT molecular complexity index is 939. The molecule has 1 aromatic heterocycles. The third-order valence-corrected chi connectivity index (χ3v) is 7.63. The summed E-state index contributed by atoms with van der Waals surface area (Å²) in [5, 5.41) is 1.30. The number of fused-ring (bicyclic) bond motifs is 2. The van der Waals surface area contributed by atoms with Gasteiger partial charge >= 0.3 is 0 Å². The van der Waals surface area contributed by atoms with Gasteiger partial charge in [0.2, 0.25) is 5.91 Å². The predicted octanol–water partition coefficient (Wildman–Crippen LogP) is 4.64. The lowest BCUT2D eigenvalue weighted by Crippen LogP contribution is -2.50. The van der Waals surface area contributed by atoms with Crippen molar-refractivity contribution in [2.24, 2.45) is 5.92 Å². The van der Waals surface area contributed by atoms with E-state index in [2.05, 4.69) is 11.8 Å². The molecule has 1 aliphatic heterocycles. The zero-order chi connectivity index (χ0) is 20.4. The molecule has 0 bridgehead atoms. The monoisotopic (exact) mass is 413 g/mol. The van der Waals surface area contributed by atoms with Crippen molar-refractivity contribution in [1.29, 1.82) is 0 Å². The molecule has 1 aromatic carbocycles. The molecule has 0 unspecified atom stereocenters. The summed E-state index contributed by atoms with van der Waals surface area (Å²) in [5.41, 5.74) is 0.697. The van der Waals surface area contributed by atoms with E-state index in [-0.39, 0.29) is 17.5 Å². The van der Waals surface area contributed by atoms with Crippen LogP contribution in [0.25, 0.3) is 10.9 Å². The minimum absolute atomic E-state index is 0.00906. The standard InChI is InChI=1S/C23H31N3O2S/c1-3-16(2)26-22(28)18-11-5-6-12-19(18)24-23(26)29-15-21(27)25-14-8-10-17-9-4-7-13-20(17)25/h5-6,11-12,16-17,20H,3-4,7-10,13-15H2,1-2H3/t16-,17-,20-/m0/s1. The number of hydrogen-bond donors (Lipinski definition) is 0. The maximum atomic E-state index is 13.1. The Hall–Kier alpha value is -1.82. The molecule has 2 fully saturated rings. The van der Waals surface area contributed by atoms with Crippen molar-refractivity contribution >= 4 is 28.6 Å². The molecule has 0 N–H and O–H groups in total. The molecule has 1 saturated carbocycles. The van der Waals surface area contributed by atoms with E-state index in [1.165, 1.54) is 37.4 Å². The Balaban J connectivity index is 1.57. The molecule has 6 heteroatoms. The highest BCUT2D eigenvalue weighted by Crippen LogP contribution is 2.35. The average Bonchev–Trinajstić information content (AvgIpc) is 2.76. The number of piperidine rings is 1. The zero-order valence-electron chi connectivity index (χ0n) is 17.5. The van der Waals surface area contributed by atoms with Crippen LogP contribution in [0.15, 0.2) is 34.2 Å². The maximum absolute atomic E-state index is 13.1. The number of aromatic nitrogens is 2. The van der Waals surface area contributed by atoms with Crippen molar-refractivity contribution in [1.82, 2.24) is 14.5 Å². The molecular formula is C23H31N3O2S. The summed E-state index contributed by atoms with van der Waals surface area (Å²) in [5.74, 6) is 1.23. The van der Waals surface area contributed by atoms with Gasteiger partial charge in [-0.15, -0.1) is 0 Å². The van der Waals surface area contributed by atoms with Gasteiger partial charge < -0.3 is 4.90 Å². The van der Waals surface area contributed by atoms with Crippen molar-refractivity contribution in [3.63, 3.8) is 0 Å². The van der Waals surface area contributed by atoms with Crippen LogP contribution in [-0.2, 0) is 4.79 Å². The summed E-state index contributed by atoms with van der Waals surface area (Å²) < 4.78 is 1.78. The minimum atomic E-state index is -0.00906. The van der Waals surface area contributed by atoms with Crippen LogP contribution >= 0.6 is 11.8 Å². The van der Waals surface area contributed by atoms with Crippen LogP contribution < -0.4 is 5.56 Å². The molecule has 0 radical (unpaired) electrons. The quantitative estimate of drug-likeness (QED) is 0.529. The zero-order valence-corrected chi connectivity index (χ0v) is 18.3. The van der Waals surface area contributed by atoms with Crippen LogP contribution in [0.3, 0.4) is 0 Å². The lowest BCUT2D eigenvalue weighted by atomic mass is 9.78. The van der Waals surface area contributed by atoms with Gasteiger partial charge in [-0.2, -0.15) is 0 Å². The van der Waals surface area contributed by atoms with Gasteiger partial charge in [-0.1, -0.05) is 43.7 Å². The van der Waals surface area contributed by atoms with Crippen LogP contribution in [0, 0.1) is 5.92 Å². The summed E-state index contributed by atoms with van der Waals surface area (Å²) in [4.78, 5) is 33.1. The lowest BCUT2D eigenvalue weighted by molar-refractivity contribution is -0.134. The Morgan fingerprint density at radius 3 is 2.79 bits per heavy atom. The van der Waals surface area contributed by atoms with Crippen LogP contribution in [-0.4, -0.2) is 38.7 Å². The van der Waals surface area contributed by atoms with Crippen molar-refractivity contribution < 1.29 is 4.79 Å². The van der Waals surface area contributed by atoms with Gasteiger partial charge in [0, 0.05) is 18.6 Å². The first kappa shape index (κ1) is 20.5. The van der Waals surface area contributed by atoms with Gasteiger partial charge in [0.05, 0.1) is 16.7 Å². The molecule has 29 heavy (non-hydrogen) atoms. The number of hydrogen-bond acceptors (Lipinski definition) is 4. The molecule has 3 atom stereocenters. The van der Waals surface area contributed by atoms with E-state index < -0.39 is 0 Å². The molecular weight excluding hydrogens is 382 g/mol. The molecule has 4 rings (SSSR count). The van der Waals surface area contributed by atoms with E-state index in [9.17, 15) is 9.59 Å². The molecule has 1 amide bonds. The lowest BCUT2D eigenvalue weighted by Gasteiger charge is -2.44. The number of amides is 1. The molecule has 1 aliphatic carbocycles. The van der Waals surface area contributed by atoms with Gasteiger partial charge in [-0.25, -0.2) is 4.98 Å².